The van der Waals surface area contributed by atoms with Crippen LogP contribution in [0.5, 0.6) is 5.75 Å². The number of hydrogen-bond acceptors (Lipinski definition) is 2. The largest absolute Gasteiger partial charge is 0.496 e. The van der Waals surface area contributed by atoms with Crippen LogP contribution in [0.15, 0.2) is 30.3 Å². The van der Waals surface area contributed by atoms with Crippen LogP contribution in [0.4, 0.5) is 4.39 Å². The summed E-state index contributed by atoms with van der Waals surface area (Å²) in [6.45, 7) is 4.01. The van der Waals surface area contributed by atoms with Gasteiger partial charge in [-0.1, -0.05) is 12.1 Å². The molecule has 1 N–H and O–H groups in total. The van der Waals surface area contributed by atoms with Crippen LogP contribution >= 0.6 is 0 Å². The van der Waals surface area contributed by atoms with Crippen LogP contribution in [-0.4, -0.2) is 18.4 Å². The number of fused-ring (bicyclic) bond motifs is 1. The number of carbonyl (C=O) groups is 1. The van der Waals surface area contributed by atoms with Gasteiger partial charge in [-0.15, -0.1) is 0 Å². The van der Waals surface area contributed by atoms with Crippen LogP contribution < -0.4 is 4.74 Å². The predicted molar refractivity (Wildman–Crippen MR) is 85.1 cm³/mol. The van der Waals surface area contributed by atoms with Crippen molar-refractivity contribution in [3.8, 4) is 17.0 Å². The number of H-pyrrole nitrogens is 1. The van der Waals surface area contributed by atoms with E-state index in [1.54, 1.807) is 6.07 Å². The van der Waals surface area contributed by atoms with Crippen molar-refractivity contribution in [2.45, 2.75) is 13.8 Å². The van der Waals surface area contributed by atoms with Crippen molar-refractivity contribution < 1.29 is 13.9 Å². The fourth-order valence-electron chi connectivity index (χ4n) is 2.74. The summed E-state index contributed by atoms with van der Waals surface area (Å²) in [6, 6.07) is 8.15. The average molecular weight is 297 g/mol. The molecule has 0 saturated carbocycles. The Morgan fingerprint density at radius 3 is 2.64 bits per heavy atom. The molecule has 0 atom stereocenters. The second kappa shape index (κ2) is 5.30. The van der Waals surface area contributed by atoms with Crippen LogP contribution in [0.1, 0.15) is 21.5 Å². The smallest absolute Gasteiger partial charge is 0.152 e. The third-order valence-corrected chi connectivity index (χ3v) is 4.09. The number of hydrogen-bond donors (Lipinski definition) is 1. The first-order valence-electron chi connectivity index (χ1n) is 6.97. The summed E-state index contributed by atoms with van der Waals surface area (Å²) in [5.74, 6) is 0.143. The number of aldehydes is 1. The molecule has 0 radical (unpaired) electrons. The molecule has 3 rings (SSSR count). The topological polar surface area (TPSA) is 42.1 Å². The molecule has 4 heteroatoms. The number of benzene rings is 2. The van der Waals surface area contributed by atoms with E-state index < -0.39 is 0 Å². The van der Waals surface area contributed by atoms with Gasteiger partial charge in [0.05, 0.1) is 12.8 Å². The first-order valence-corrected chi connectivity index (χ1v) is 6.97. The Bertz CT molecular complexity index is 880. The van der Waals surface area contributed by atoms with Gasteiger partial charge in [0.15, 0.2) is 6.29 Å². The number of methoxy groups -OCH3 is 1. The summed E-state index contributed by atoms with van der Waals surface area (Å²) in [5, 5.41) is 0.833. The standard InChI is InChI=1S/C18H16FNO2/c1-10-4-6-13-15(9-21)18(20-17(13)11(10)2)14-8-12(19)5-7-16(14)22-3/h4-9,20H,1-3H3. The summed E-state index contributed by atoms with van der Waals surface area (Å²) >= 11 is 0. The number of aryl methyl sites for hydroxylation is 2. The molecule has 0 saturated heterocycles. The Morgan fingerprint density at radius 2 is 1.95 bits per heavy atom. The van der Waals surface area contributed by atoms with Crippen LogP contribution in [0.2, 0.25) is 0 Å². The minimum atomic E-state index is -0.376. The van der Waals surface area contributed by atoms with Crippen LogP contribution in [-0.2, 0) is 0 Å². The van der Waals surface area contributed by atoms with E-state index in [4.69, 9.17) is 4.74 Å². The van der Waals surface area contributed by atoms with E-state index in [9.17, 15) is 9.18 Å². The van der Waals surface area contributed by atoms with Crippen molar-refractivity contribution >= 4 is 17.2 Å². The number of ether oxygens (including phenoxy) is 1. The van der Waals surface area contributed by atoms with Crippen LogP contribution in [0.3, 0.4) is 0 Å². The molecule has 1 heterocycles. The number of aromatic amines is 1. The Morgan fingerprint density at radius 1 is 1.18 bits per heavy atom. The van der Waals surface area contributed by atoms with E-state index >= 15 is 0 Å². The quantitative estimate of drug-likeness (QED) is 0.727. The molecule has 0 aliphatic heterocycles. The molecule has 0 fully saturated rings. The van der Waals surface area contributed by atoms with Gasteiger partial charge >= 0.3 is 0 Å². The van der Waals surface area contributed by atoms with Gasteiger partial charge in [0, 0.05) is 22.0 Å². The first-order chi connectivity index (χ1) is 10.6. The number of halogens is 1. The van der Waals surface area contributed by atoms with E-state index in [0.717, 1.165) is 28.3 Å². The normalized spacial score (nSPS) is 10.9. The van der Waals surface area contributed by atoms with Crippen molar-refractivity contribution in [1.29, 1.82) is 0 Å². The number of nitrogens with one attached hydrogen (secondary N) is 1. The molecule has 3 nitrogen and oxygen atoms in total. The molecule has 0 aliphatic rings. The van der Waals surface area contributed by atoms with Gasteiger partial charge in [-0.05, 0) is 43.2 Å². The zero-order valence-electron chi connectivity index (χ0n) is 12.7. The number of rotatable bonds is 3. The van der Waals surface area contributed by atoms with Gasteiger partial charge in [0.2, 0.25) is 0 Å². The highest BCUT2D eigenvalue weighted by molar-refractivity contribution is 6.06. The van der Waals surface area contributed by atoms with Crippen molar-refractivity contribution in [2.24, 2.45) is 0 Å². The second-order valence-electron chi connectivity index (χ2n) is 5.31. The summed E-state index contributed by atoms with van der Waals surface area (Å²) in [7, 11) is 1.52. The molecule has 112 valence electrons. The van der Waals surface area contributed by atoms with Crippen molar-refractivity contribution in [1.82, 2.24) is 4.98 Å². The summed E-state index contributed by atoms with van der Waals surface area (Å²) in [4.78, 5) is 14.9. The Kier molecular flexibility index (Phi) is 3.45. The van der Waals surface area contributed by atoms with E-state index in [-0.39, 0.29) is 5.82 Å². The molecule has 0 amide bonds. The monoisotopic (exact) mass is 297 g/mol. The molecular weight excluding hydrogens is 281 g/mol. The fraction of sp³-hybridized carbons (Fsp3) is 0.167. The average Bonchev–Trinajstić information content (AvgIpc) is 2.90. The highest BCUT2D eigenvalue weighted by Crippen LogP contribution is 2.36. The zero-order valence-corrected chi connectivity index (χ0v) is 12.7. The third kappa shape index (κ3) is 2.08. The maximum atomic E-state index is 13.6. The Hall–Kier alpha value is -2.62. The van der Waals surface area contributed by atoms with Gasteiger partial charge in [0.1, 0.15) is 11.6 Å². The highest BCUT2D eigenvalue weighted by Gasteiger charge is 2.18. The Balaban J connectivity index is 2.39. The van der Waals surface area contributed by atoms with Crippen LogP contribution in [0, 0.1) is 19.7 Å². The van der Waals surface area contributed by atoms with Gasteiger partial charge in [-0.2, -0.15) is 0 Å². The molecule has 0 bridgehead atoms. The van der Waals surface area contributed by atoms with Crippen molar-refractivity contribution in [3.63, 3.8) is 0 Å². The molecule has 2 aromatic carbocycles. The van der Waals surface area contributed by atoms with Crippen molar-refractivity contribution in [2.75, 3.05) is 7.11 Å². The molecule has 0 spiro atoms. The molecule has 3 aromatic rings. The lowest BCUT2D eigenvalue weighted by molar-refractivity contribution is 0.112. The summed E-state index contributed by atoms with van der Waals surface area (Å²) in [6.07, 6.45) is 0.799. The minimum Gasteiger partial charge on any atom is -0.496 e. The predicted octanol–water partition coefficient (Wildman–Crippen LogP) is 4.41. The lowest BCUT2D eigenvalue weighted by Gasteiger charge is -2.07. The summed E-state index contributed by atoms with van der Waals surface area (Å²) in [5.41, 5.74) is 4.73. The number of aromatic nitrogens is 1. The SMILES string of the molecule is COc1ccc(F)cc1-c1[nH]c2c(C)c(C)ccc2c1C=O. The molecular formula is C18H16FNO2. The molecule has 0 aliphatic carbocycles. The molecule has 1 aromatic heterocycles. The van der Waals surface area contributed by atoms with Gasteiger partial charge < -0.3 is 9.72 Å². The van der Waals surface area contributed by atoms with E-state index in [1.807, 2.05) is 26.0 Å². The minimum absolute atomic E-state index is 0.376. The maximum absolute atomic E-state index is 13.6. The lowest BCUT2D eigenvalue weighted by atomic mass is 10.0. The van der Waals surface area contributed by atoms with E-state index in [0.29, 0.717) is 22.6 Å². The third-order valence-electron chi connectivity index (χ3n) is 4.09. The second-order valence-corrected chi connectivity index (χ2v) is 5.31. The zero-order chi connectivity index (χ0) is 15.9. The van der Waals surface area contributed by atoms with Gasteiger partial charge in [-0.25, -0.2) is 4.39 Å². The van der Waals surface area contributed by atoms with Gasteiger partial charge in [-0.3, -0.25) is 4.79 Å². The fourth-order valence-corrected chi connectivity index (χ4v) is 2.74. The van der Waals surface area contributed by atoms with Gasteiger partial charge in [0.25, 0.3) is 0 Å². The molecule has 22 heavy (non-hydrogen) atoms. The summed E-state index contributed by atoms with van der Waals surface area (Å²) < 4.78 is 18.9. The van der Waals surface area contributed by atoms with E-state index in [2.05, 4.69) is 4.98 Å². The van der Waals surface area contributed by atoms with E-state index in [1.165, 1.54) is 19.2 Å². The first kappa shape index (κ1) is 14.3. The lowest BCUT2D eigenvalue weighted by Crippen LogP contribution is -1.92. The molecule has 0 unspecified atom stereocenters. The van der Waals surface area contributed by atoms with Crippen molar-refractivity contribution in [3.05, 3.63) is 52.8 Å². The Labute approximate surface area is 127 Å². The van der Waals surface area contributed by atoms with Crippen LogP contribution in [0.25, 0.3) is 22.2 Å². The maximum Gasteiger partial charge on any atom is 0.152 e. The number of carbonyl (C=O) groups excluding carboxylic acids is 1. The highest BCUT2D eigenvalue weighted by atomic mass is 19.1.